The molecule has 0 aliphatic carbocycles. The highest BCUT2D eigenvalue weighted by Gasteiger charge is 2.46. The maximum atomic E-state index is 14.5. The fourth-order valence-corrected chi connectivity index (χ4v) is 4.34. The van der Waals surface area contributed by atoms with Crippen LogP contribution in [0.15, 0.2) is 48.7 Å². The Labute approximate surface area is 203 Å². The predicted molar refractivity (Wildman–Crippen MR) is 124 cm³/mol. The molecule has 5 N–H and O–H groups in total. The van der Waals surface area contributed by atoms with Crippen molar-refractivity contribution in [2.45, 2.75) is 31.3 Å². The summed E-state index contributed by atoms with van der Waals surface area (Å²) in [6, 6.07) is 8.61. The van der Waals surface area contributed by atoms with Crippen molar-refractivity contribution >= 4 is 40.4 Å². The number of rotatable bonds is 6. The average molecular weight is 506 g/mol. The molecule has 1 aliphatic rings. The number of benzene rings is 2. The first kappa shape index (κ1) is 24.4. The van der Waals surface area contributed by atoms with E-state index in [1.165, 1.54) is 29.0 Å². The van der Waals surface area contributed by atoms with Crippen LogP contribution in [0.25, 0.3) is 10.9 Å². The van der Waals surface area contributed by atoms with E-state index in [1.807, 2.05) is 0 Å². The largest absolute Gasteiger partial charge is 0.410 e. The summed E-state index contributed by atoms with van der Waals surface area (Å²) in [5.41, 5.74) is 11.7. The number of carbonyl (C=O) groups excluding carboxylic acids is 3. The molecule has 0 spiro atoms. The summed E-state index contributed by atoms with van der Waals surface area (Å²) in [6.45, 7) is -0.883. The summed E-state index contributed by atoms with van der Waals surface area (Å²) in [5.74, 6) is -1.84. The van der Waals surface area contributed by atoms with Crippen LogP contribution in [-0.2, 0) is 22.7 Å². The number of carbonyl (C=O) groups is 3. The minimum Gasteiger partial charge on any atom is -0.408 e. The number of ether oxygens (including phenoxy) is 1. The zero-order chi connectivity index (χ0) is 25.3. The Balaban J connectivity index is 1.53. The van der Waals surface area contributed by atoms with Gasteiger partial charge >= 0.3 is 6.09 Å². The van der Waals surface area contributed by atoms with Crippen molar-refractivity contribution < 1.29 is 27.9 Å². The van der Waals surface area contributed by atoms with E-state index in [0.29, 0.717) is 10.9 Å². The Morgan fingerprint density at radius 1 is 1.17 bits per heavy atom. The molecule has 2 aromatic carbocycles. The van der Waals surface area contributed by atoms with E-state index >= 15 is 0 Å². The third kappa shape index (κ3) is 4.91. The second-order valence-corrected chi connectivity index (χ2v) is 8.48. The second-order valence-electron chi connectivity index (χ2n) is 8.07. The summed E-state index contributed by atoms with van der Waals surface area (Å²) in [7, 11) is 0. The predicted octanol–water partition coefficient (Wildman–Crippen LogP) is 2.08. The maximum absolute atomic E-state index is 14.5. The van der Waals surface area contributed by atoms with Crippen LogP contribution < -0.4 is 21.5 Å². The zero-order valence-corrected chi connectivity index (χ0v) is 19.0. The van der Waals surface area contributed by atoms with Crippen LogP contribution in [-0.4, -0.2) is 52.2 Å². The average Bonchev–Trinajstić information content (AvgIpc) is 3.31. The van der Waals surface area contributed by atoms with Crippen molar-refractivity contribution in [2.24, 2.45) is 11.5 Å². The number of halogens is 3. The van der Waals surface area contributed by atoms with Gasteiger partial charge < -0.3 is 31.0 Å². The molecule has 35 heavy (non-hydrogen) atoms. The van der Waals surface area contributed by atoms with Gasteiger partial charge in [-0.25, -0.2) is 13.6 Å². The fourth-order valence-electron chi connectivity index (χ4n) is 4.14. The normalized spacial score (nSPS) is 19.7. The van der Waals surface area contributed by atoms with Gasteiger partial charge in [-0.1, -0.05) is 35.9 Å². The van der Waals surface area contributed by atoms with E-state index in [9.17, 15) is 23.2 Å². The first-order chi connectivity index (χ1) is 16.7. The van der Waals surface area contributed by atoms with E-state index < -0.39 is 42.0 Å². The van der Waals surface area contributed by atoms with Gasteiger partial charge in [0.1, 0.15) is 24.6 Å². The first-order valence-electron chi connectivity index (χ1n) is 10.6. The minimum atomic E-state index is -1.63. The molecule has 184 valence electrons. The number of aromatic nitrogens is 1. The molecule has 0 bridgehead atoms. The Bertz CT molecular complexity index is 1300. The topological polar surface area (TPSA) is 133 Å². The number of nitrogens with one attached hydrogen (secondary N) is 1. The van der Waals surface area contributed by atoms with Crippen LogP contribution in [0.1, 0.15) is 5.56 Å². The van der Waals surface area contributed by atoms with Crippen molar-refractivity contribution in [1.82, 2.24) is 14.8 Å². The summed E-state index contributed by atoms with van der Waals surface area (Å²) in [5, 5.41) is 2.94. The first-order valence-corrected chi connectivity index (χ1v) is 11.0. The summed E-state index contributed by atoms with van der Waals surface area (Å²) >= 11 is 5.76. The molecule has 1 fully saturated rings. The van der Waals surface area contributed by atoms with Gasteiger partial charge in [-0.2, -0.15) is 0 Å². The Morgan fingerprint density at radius 2 is 1.91 bits per heavy atom. The monoisotopic (exact) mass is 505 g/mol. The number of hydrogen-bond acceptors (Lipinski definition) is 5. The lowest BCUT2D eigenvalue weighted by Crippen LogP contribution is -2.53. The lowest BCUT2D eigenvalue weighted by Gasteiger charge is -2.26. The van der Waals surface area contributed by atoms with Crippen molar-refractivity contribution in [2.75, 3.05) is 6.54 Å². The number of nitrogens with two attached hydrogens (primary N) is 2. The molecular weight excluding hydrogens is 484 g/mol. The van der Waals surface area contributed by atoms with E-state index in [0.717, 1.165) is 4.90 Å². The number of alkyl halides is 1. The van der Waals surface area contributed by atoms with Crippen LogP contribution in [0.4, 0.5) is 13.6 Å². The summed E-state index contributed by atoms with van der Waals surface area (Å²) in [6.07, 6.45) is -1.22. The lowest BCUT2D eigenvalue weighted by molar-refractivity contribution is -0.139. The van der Waals surface area contributed by atoms with Gasteiger partial charge in [-0.05, 0) is 18.2 Å². The SMILES string of the molecule is NC(=O)Oc1cn(CC(=O)N2C[C@H](F)[C@@H](N)[C@H]2C(=O)NCc2cccc(Cl)c2F)c2ccccc12. The van der Waals surface area contributed by atoms with Crippen molar-refractivity contribution in [3.63, 3.8) is 0 Å². The van der Waals surface area contributed by atoms with E-state index in [-0.39, 0.29) is 36.0 Å². The quantitative estimate of drug-likeness (QED) is 0.472. The molecule has 12 heteroatoms. The Kier molecular flexibility index (Phi) is 6.90. The van der Waals surface area contributed by atoms with Crippen molar-refractivity contribution in [3.05, 3.63) is 65.1 Å². The Morgan fingerprint density at radius 3 is 2.66 bits per heavy atom. The fraction of sp³-hybridized carbons (Fsp3) is 0.261. The van der Waals surface area contributed by atoms with Crippen molar-refractivity contribution in [3.8, 4) is 5.75 Å². The van der Waals surface area contributed by atoms with Crippen LogP contribution in [0, 0.1) is 5.82 Å². The summed E-state index contributed by atoms with van der Waals surface area (Å²) in [4.78, 5) is 38.3. The molecule has 0 saturated carbocycles. The number of primary amides is 1. The highest BCUT2D eigenvalue weighted by molar-refractivity contribution is 6.30. The molecule has 9 nitrogen and oxygen atoms in total. The number of amides is 3. The summed E-state index contributed by atoms with van der Waals surface area (Å²) < 4.78 is 35.2. The number of likely N-dealkylation sites (tertiary alicyclic amines) is 1. The molecule has 1 saturated heterocycles. The van der Waals surface area contributed by atoms with Gasteiger partial charge in [0, 0.05) is 23.7 Å². The molecule has 0 unspecified atom stereocenters. The minimum absolute atomic E-state index is 0.103. The highest BCUT2D eigenvalue weighted by atomic mass is 35.5. The van der Waals surface area contributed by atoms with Gasteiger partial charge in [0.25, 0.3) is 0 Å². The molecule has 3 atom stereocenters. The maximum Gasteiger partial charge on any atom is 0.410 e. The zero-order valence-electron chi connectivity index (χ0n) is 18.3. The molecule has 3 amide bonds. The van der Waals surface area contributed by atoms with Gasteiger partial charge in [0.05, 0.1) is 23.1 Å². The lowest BCUT2D eigenvalue weighted by atomic mass is 10.1. The van der Waals surface area contributed by atoms with Gasteiger partial charge in [0.15, 0.2) is 5.75 Å². The van der Waals surface area contributed by atoms with E-state index in [2.05, 4.69) is 5.32 Å². The molecule has 2 heterocycles. The molecule has 3 aromatic rings. The van der Waals surface area contributed by atoms with Gasteiger partial charge in [0.2, 0.25) is 11.8 Å². The molecule has 4 rings (SSSR count). The molecule has 1 aromatic heterocycles. The van der Waals surface area contributed by atoms with Crippen molar-refractivity contribution in [1.29, 1.82) is 0 Å². The third-order valence-electron chi connectivity index (χ3n) is 5.83. The van der Waals surface area contributed by atoms with E-state index in [4.69, 9.17) is 27.8 Å². The van der Waals surface area contributed by atoms with Crippen LogP contribution in [0.3, 0.4) is 0 Å². The van der Waals surface area contributed by atoms with Gasteiger partial charge in [-0.3, -0.25) is 9.59 Å². The smallest absolute Gasteiger partial charge is 0.408 e. The molecular formula is C23H22ClF2N5O4. The van der Waals surface area contributed by atoms with Crippen LogP contribution >= 0.6 is 11.6 Å². The molecule has 0 radical (unpaired) electrons. The number of fused-ring (bicyclic) bond motifs is 1. The van der Waals surface area contributed by atoms with Crippen LogP contribution in [0.5, 0.6) is 5.75 Å². The Hall–Kier alpha value is -3.70. The number of para-hydroxylation sites is 1. The highest BCUT2D eigenvalue weighted by Crippen LogP contribution is 2.29. The van der Waals surface area contributed by atoms with E-state index in [1.54, 1.807) is 24.3 Å². The molecule has 1 aliphatic heterocycles. The van der Waals surface area contributed by atoms with Gasteiger partial charge in [-0.15, -0.1) is 0 Å². The number of nitrogens with zero attached hydrogens (tertiary/aromatic N) is 2. The number of hydrogen-bond donors (Lipinski definition) is 3. The second kappa shape index (κ2) is 9.88. The standard InChI is InChI=1S/C23H22ClF2N5O4/c24-14-6-3-4-12(19(14)26)8-29-22(33)21-20(27)15(25)9-31(21)18(32)11-30-10-17(35-23(28)34)13-5-1-2-7-16(13)30/h1-7,10,15,20-21H,8-9,11,27H2,(H2,28,34)(H,29,33)/t15-,20+,21-/m0/s1. The third-order valence-corrected chi connectivity index (χ3v) is 6.12. The van der Waals surface area contributed by atoms with Crippen LogP contribution in [0.2, 0.25) is 5.02 Å².